The number of aliphatic hydroxyl groups is 1. The fraction of sp³-hybridized carbons (Fsp3) is 0.400. The number of hydrogen-bond acceptors (Lipinski definition) is 2. The molecule has 0 saturated carbocycles. The number of aliphatic hydroxyl groups excluding tert-OH is 1. The van der Waals surface area contributed by atoms with Crippen LogP contribution in [0, 0.1) is 0 Å². The molecule has 0 bridgehead atoms. The van der Waals surface area contributed by atoms with Crippen molar-refractivity contribution in [3.8, 4) is 16.9 Å². The summed E-state index contributed by atoms with van der Waals surface area (Å²) in [4.78, 5) is 0. The summed E-state index contributed by atoms with van der Waals surface area (Å²) < 4.78 is 6.59. The van der Waals surface area contributed by atoms with E-state index in [-0.39, 0.29) is 0 Å². The standard InChI is InChI=1S/C20H28NO2/c1-4-21(3,5-2)15-19(22)16-23-20-13-11-18(12-14-20)17-9-7-6-8-10-17/h6-14,19,22H,4-5,15-16H2,1-3H3/q+1. The highest BCUT2D eigenvalue weighted by Crippen LogP contribution is 2.22. The monoisotopic (exact) mass is 314 g/mol. The summed E-state index contributed by atoms with van der Waals surface area (Å²) in [5.74, 6) is 0.797. The Bertz CT molecular complexity index is 576. The van der Waals surface area contributed by atoms with E-state index in [0.717, 1.165) is 29.9 Å². The number of likely N-dealkylation sites (N-methyl/N-ethyl adjacent to an activating group) is 1. The van der Waals surface area contributed by atoms with Gasteiger partial charge in [-0.25, -0.2) is 0 Å². The summed E-state index contributed by atoms with van der Waals surface area (Å²) in [5, 5.41) is 10.2. The molecule has 0 amide bonds. The molecule has 0 aromatic heterocycles. The van der Waals surface area contributed by atoms with Crippen molar-refractivity contribution in [1.82, 2.24) is 0 Å². The summed E-state index contributed by atoms with van der Waals surface area (Å²) >= 11 is 0. The molecule has 0 heterocycles. The average Bonchev–Trinajstić information content (AvgIpc) is 2.61. The van der Waals surface area contributed by atoms with Gasteiger partial charge in [-0.1, -0.05) is 42.5 Å². The van der Waals surface area contributed by atoms with Gasteiger partial charge in [0.2, 0.25) is 0 Å². The maximum Gasteiger partial charge on any atom is 0.137 e. The topological polar surface area (TPSA) is 29.5 Å². The van der Waals surface area contributed by atoms with E-state index >= 15 is 0 Å². The molecule has 0 aliphatic rings. The Kier molecular flexibility index (Phi) is 6.20. The fourth-order valence-electron chi connectivity index (χ4n) is 2.61. The van der Waals surface area contributed by atoms with Crippen LogP contribution >= 0.6 is 0 Å². The van der Waals surface area contributed by atoms with Crippen LogP contribution in [0.3, 0.4) is 0 Å². The van der Waals surface area contributed by atoms with Gasteiger partial charge >= 0.3 is 0 Å². The molecule has 124 valence electrons. The Morgan fingerprint density at radius 2 is 1.48 bits per heavy atom. The maximum atomic E-state index is 10.2. The van der Waals surface area contributed by atoms with Crippen LogP contribution in [0.15, 0.2) is 54.6 Å². The predicted molar refractivity (Wildman–Crippen MR) is 95.5 cm³/mol. The van der Waals surface area contributed by atoms with Crippen molar-refractivity contribution in [2.24, 2.45) is 0 Å². The summed E-state index contributed by atoms with van der Waals surface area (Å²) in [6.07, 6.45) is -0.450. The van der Waals surface area contributed by atoms with Crippen LogP contribution in [0.2, 0.25) is 0 Å². The zero-order chi connectivity index (χ0) is 16.7. The summed E-state index contributed by atoms with van der Waals surface area (Å²) in [6.45, 7) is 7.38. The van der Waals surface area contributed by atoms with Gasteiger partial charge in [-0.15, -0.1) is 0 Å². The number of benzene rings is 2. The minimum Gasteiger partial charge on any atom is -0.491 e. The molecule has 2 aromatic rings. The third-order valence-corrected chi connectivity index (χ3v) is 4.58. The van der Waals surface area contributed by atoms with Crippen molar-refractivity contribution < 1.29 is 14.3 Å². The largest absolute Gasteiger partial charge is 0.491 e. The lowest BCUT2D eigenvalue weighted by atomic mass is 10.1. The molecule has 0 fully saturated rings. The van der Waals surface area contributed by atoms with Gasteiger partial charge in [-0.3, -0.25) is 0 Å². The Balaban J connectivity index is 1.89. The first-order valence-corrected chi connectivity index (χ1v) is 8.36. The first-order chi connectivity index (χ1) is 11.1. The molecular weight excluding hydrogens is 286 g/mol. The molecule has 3 heteroatoms. The molecule has 1 N–H and O–H groups in total. The highest BCUT2D eigenvalue weighted by Gasteiger charge is 2.21. The van der Waals surface area contributed by atoms with Gasteiger partial charge in [0.05, 0.1) is 20.1 Å². The highest BCUT2D eigenvalue weighted by atomic mass is 16.5. The normalized spacial score (nSPS) is 12.9. The van der Waals surface area contributed by atoms with Gasteiger partial charge in [0.15, 0.2) is 0 Å². The first-order valence-electron chi connectivity index (χ1n) is 8.36. The van der Waals surface area contributed by atoms with Crippen molar-refractivity contribution in [1.29, 1.82) is 0 Å². The second kappa shape index (κ2) is 8.14. The van der Waals surface area contributed by atoms with Crippen LogP contribution in [-0.4, -0.2) is 49.0 Å². The average molecular weight is 314 g/mol. The van der Waals surface area contributed by atoms with Crippen molar-refractivity contribution in [3.63, 3.8) is 0 Å². The lowest BCUT2D eigenvalue weighted by Crippen LogP contribution is -2.49. The Hall–Kier alpha value is -1.84. The van der Waals surface area contributed by atoms with Crippen LogP contribution in [0.1, 0.15) is 13.8 Å². The van der Waals surface area contributed by atoms with E-state index in [0.29, 0.717) is 6.61 Å². The SMILES string of the molecule is CC[N+](C)(CC)CC(O)COc1ccc(-c2ccccc2)cc1. The molecule has 0 saturated heterocycles. The molecule has 0 radical (unpaired) electrons. The van der Waals surface area contributed by atoms with Gasteiger partial charge in [0, 0.05) is 0 Å². The Morgan fingerprint density at radius 1 is 0.913 bits per heavy atom. The predicted octanol–water partition coefficient (Wildman–Crippen LogP) is 3.58. The van der Waals surface area contributed by atoms with Crippen molar-refractivity contribution in [2.45, 2.75) is 20.0 Å². The number of rotatable bonds is 8. The van der Waals surface area contributed by atoms with E-state index in [9.17, 15) is 5.11 Å². The van der Waals surface area contributed by atoms with Crippen molar-refractivity contribution in [2.75, 3.05) is 33.3 Å². The van der Waals surface area contributed by atoms with Gasteiger partial charge in [0.25, 0.3) is 0 Å². The van der Waals surface area contributed by atoms with E-state index in [4.69, 9.17) is 4.74 Å². The van der Waals surface area contributed by atoms with Crippen LogP contribution in [0.5, 0.6) is 5.75 Å². The van der Waals surface area contributed by atoms with Crippen molar-refractivity contribution in [3.05, 3.63) is 54.6 Å². The van der Waals surface area contributed by atoms with Crippen LogP contribution in [0.4, 0.5) is 0 Å². The molecular formula is C20H28NO2+. The zero-order valence-corrected chi connectivity index (χ0v) is 14.4. The third kappa shape index (κ3) is 5.08. The van der Waals surface area contributed by atoms with Gasteiger partial charge in [-0.2, -0.15) is 0 Å². The summed E-state index contributed by atoms with van der Waals surface area (Å²) in [6, 6.07) is 18.3. The fourth-order valence-corrected chi connectivity index (χ4v) is 2.61. The van der Waals surface area contributed by atoms with E-state index in [2.05, 4.69) is 45.2 Å². The number of ether oxygens (including phenoxy) is 1. The van der Waals surface area contributed by atoms with E-state index in [1.807, 2.05) is 30.3 Å². The van der Waals surface area contributed by atoms with Gasteiger partial charge in [0.1, 0.15) is 25.0 Å². The summed E-state index contributed by atoms with van der Waals surface area (Å²) in [7, 11) is 2.16. The molecule has 0 aliphatic carbocycles. The third-order valence-electron chi connectivity index (χ3n) is 4.58. The molecule has 3 nitrogen and oxygen atoms in total. The van der Waals surface area contributed by atoms with Crippen LogP contribution in [0.25, 0.3) is 11.1 Å². The lowest BCUT2D eigenvalue weighted by molar-refractivity contribution is -0.909. The molecule has 2 rings (SSSR count). The Labute approximate surface area is 139 Å². The maximum absolute atomic E-state index is 10.2. The molecule has 1 unspecified atom stereocenters. The van der Waals surface area contributed by atoms with E-state index in [1.165, 1.54) is 11.1 Å². The Morgan fingerprint density at radius 3 is 2.04 bits per heavy atom. The molecule has 1 atom stereocenters. The number of nitrogens with zero attached hydrogens (tertiary/aromatic N) is 1. The van der Waals surface area contributed by atoms with Crippen molar-refractivity contribution >= 4 is 0 Å². The van der Waals surface area contributed by atoms with Gasteiger partial charge in [-0.05, 0) is 37.1 Å². The number of hydrogen-bond donors (Lipinski definition) is 1. The molecule has 23 heavy (non-hydrogen) atoms. The zero-order valence-electron chi connectivity index (χ0n) is 14.4. The molecule has 0 aliphatic heterocycles. The quantitative estimate of drug-likeness (QED) is 0.755. The molecule has 2 aromatic carbocycles. The highest BCUT2D eigenvalue weighted by molar-refractivity contribution is 5.63. The summed E-state index contributed by atoms with van der Waals surface area (Å²) in [5.41, 5.74) is 2.36. The first kappa shape index (κ1) is 17.5. The molecule has 0 spiro atoms. The van der Waals surface area contributed by atoms with Crippen LogP contribution < -0.4 is 4.74 Å². The minimum absolute atomic E-state index is 0.332. The second-order valence-electron chi connectivity index (χ2n) is 6.29. The van der Waals surface area contributed by atoms with Crippen LogP contribution in [-0.2, 0) is 0 Å². The van der Waals surface area contributed by atoms with E-state index < -0.39 is 6.10 Å². The van der Waals surface area contributed by atoms with E-state index in [1.54, 1.807) is 0 Å². The number of quaternary nitrogens is 1. The lowest BCUT2D eigenvalue weighted by Gasteiger charge is -2.33. The minimum atomic E-state index is -0.450. The van der Waals surface area contributed by atoms with Gasteiger partial charge < -0.3 is 14.3 Å². The second-order valence-corrected chi connectivity index (χ2v) is 6.29. The smallest absolute Gasteiger partial charge is 0.137 e.